The number of thiophene rings is 1. The van der Waals surface area contributed by atoms with Crippen LogP contribution in [-0.2, 0) is 10.0 Å². The van der Waals surface area contributed by atoms with E-state index in [1.807, 2.05) is 11.4 Å². The van der Waals surface area contributed by atoms with E-state index in [4.69, 9.17) is 0 Å². The number of fused-ring (bicyclic) bond motifs is 2. The van der Waals surface area contributed by atoms with Gasteiger partial charge in [0.15, 0.2) is 0 Å². The average Bonchev–Trinajstić information content (AvgIpc) is 2.96. The molecular formula is C13H20N2O2S2. The van der Waals surface area contributed by atoms with Gasteiger partial charge in [-0.1, -0.05) is 6.07 Å². The van der Waals surface area contributed by atoms with Gasteiger partial charge in [0.1, 0.15) is 4.21 Å². The molecule has 0 radical (unpaired) electrons. The largest absolute Gasteiger partial charge is 0.298 e. The smallest absolute Gasteiger partial charge is 0.253 e. The lowest BCUT2D eigenvalue weighted by molar-refractivity contribution is 0.103. The third-order valence-corrected chi connectivity index (χ3v) is 7.58. The van der Waals surface area contributed by atoms with E-state index in [-0.39, 0.29) is 12.1 Å². The summed E-state index contributed by atoms with van der Waals surface area (Å²) in [6, 6.07) is 4.34. The molecule has 2 saturated heterocycles. The molecule has 1 aromatic rings. The Labute approximate surface area is 119 Å². The molecule has 0 aromatic carbocycles. The van der Waals surface area contributed by atoms with Crippen LogP contribution in [0.2, 0.25) is 0 Å². The van der Waals surface area contributed by atoms with Crippen molar-refractivity contribution in [1.82, 2.24) is 9.21 Å². The van der Waals surface area contributed by atoms with Gasteiger partial charge in [-0.25, -0.2) is 8.42 Å². The first kappa shape index (κ1) is 13.5. The van der Waals surface area contributed by atoms with Crippen molar-refractivity contribution < 1.29 is 8.42 Å². The highest BCUT2D eigenvalue weighted by Gasteiger charge is 2.47. The molecule has 2 unspecified atom stereocenters. The summed E-state index contributed by atoms with van der Waals surface area (Å²) in [6.07, 6.45) is 2.00. The average molecular weight is 300 g/mol. The Morgan fingerprint density at radius 2 is 1.89 bits per heavy atom. The molecule has 1 aromatic heterocycles. The number of sulfonamides is 1. The summed E-state index contributed by atoms with van der Waals surface area (Å²) in [5.74, 6) is 0. The zero-order valence-corrected chi connectivity index (χ0v) is 13.0. The number of piperazine rings is 1. The first-order valence-corrected chi connectivity index (χ1v) is 9.13. The Kier molecular flexibility index (Phi) is 3.45. The fraction of sp³-hybridized carbons (Fsp3) is 0.692. The number of hydrogen-bond acceptors (Lipinski definition) is 4. The van der Waals surface area contributed by atoms with Gasteiger partial charge in [-0.2, -0.15) is 4.31 Å². The Morgan fingerprint density at radius 1 is 1.26 bits per heavy atom. The van der Waals surface area contributed by atoms with Crippen molar-refractivity contribution in [3.05, 3.63) is 17.5 Å². The van der Waals surface area contributed by atoms with Gasteiger partial charge < -0.3 is 0 Å². The van der Waals surface area contributed by atoms with Crippen molar-refractivity contribution in [3.8, 4) is 0 Å². The highest BCUT2D eigenvalue weighted by molar-refractivity contribution is 7.91. The number of hydrogen-bond donors (Lipinski definition) is 0. The van der Waals surface area contributed by atoms with Crippen molar-refractivity contribution >= 4 is 21.4 Å². The minimum absolute atomic E-state index is 0.160. The third-order valence-electron chi connectivity index (χ3n) is 4.20. The normalized spacial score (nSPS) is 29.2. The molecule has 106 valence electrons. The quantitative estimate of drug-likeness (QED) is 0.857. The van der Waals surface area contributed by atoms with Crippen LogP contribution < -0.4 is 0 Å². The number of rotatable bonds is 3. The molecule has 0 amide bonds. The van der Waals surface area contributed by atoms with E-state index in [1.54, 1.807) is 10.4 Å². The lowest BCUT2D eigenvalue weighted by Gasteiger charge is -2.41. The molecule has 19 heavy (non-hydrogen) atoms. The monoisotopic (exact) mass is 300 g/mol. The summed E-state index contributed by atoms with van der Waals surface area (Å²) in [6.45, 7) is 6.11. The predicted octanol–water partition coefficient (Wildman–Crippen LogP) is 1.99. The molecule has 2 aliphatic heterocycles. The molecule has 0 N–H and O–H groups in total. The zero-order chi connectivity index (χ0) is 13.6. The summed E-state index contributed by atoms with van der Waals surface area (Å²) < 4.78 is 27.7. The van der Waals surface area contributed by atoms with Gasteiger partial charge >= 0.3 is 0 Å². The van der Waals surface area contributed by atoms with Crippen LogP contribution in [0.1, 0.15) is 26.7 Å². The van der Waals surface area contributed by atoms with Crippen molar-refractivity contribution in [3.63, 3.8) is 0 Å². The Bertz CT molecular complexity index is 525. The van der Waals surface area contributed by atoms with Crippen LogP contribution in [0.4, 0.5) is 0 Å². The van der Waals surface area contributed by atoms with E-state index in [1.165, 1.54) is 11.3 Å². The summed E-state index contributed by atoms with van der Waals surface area (Å²) in [4.78, 5) is 2.41. The van der Waals surface area contributed by atoms with E-state index >= 15 is 0 Å². The van der Waals surface area contributed by atoms with Crippen LogP contribution in [0.25, 0.3) is 0 Å². The van der Waals surface area contributed by atoms with Gasteiger partial charge in [-0.05, 0) is 38.1 Å². The fourth-order valence-electron chi connectivity index (χ4n) is 3.23. The molecule has 0 aliphatic carbocycles. The predicted molar refractivity (Wildman–Crippen MR) is 76.9 cm³/mol. The Morgan fingerprint density at radius 3 is 2.37 bits per heavy atom. The topological polar surface area (TPSA) is 40.6 Å². The molecule has 0 saturated carbocycles. The third kappa shape index (κ3) is 2.24. The molecule has 4 nitrogen and oxygen atoms in total. The van der Waals surface area contributed by atoms with Crippen molar-refractivity contribution in [2.75, 3.05) is 13.1 Å². The van der Waals surface area contributed by atoms with Gasteiger partial charge in [0.25, 0.3) is 10.0 Å². The molecule has 2 atom stereocenters. The van der Waals surface area contributed by atoms with E-state index in [2.05, 4.69) is 18.7 Å². The molecule has 2 aliphatic rings. The number of nitrogens with zero attached hydrogens (tertiary/aromatic N) is 2. The maximum Gasteiger partial charge on any atom is 0.253 e. The first-order chi connectivity index (χ1) is 9.00. The van der Waals surface area contributed by atoms with Crippen LogP contribution in [0.15, 0.2) is 21.7 Å². The van der Waals surface area contributed by atoms with Gasteiger partial charge in [0.2, 0.25) is 0 Å². The van der Waals surface area contributed by atoms with Crippen LogP contribution in [0.3, 0.4) is 0 Å². The first-order valence-electron chi connectivity index (χ1n) is 6.81. The highest BCUT2D eigenvalue weighted by Crippen LogP contribution is 2.36. The fourth-order valence-corrected chi connectivity index (χ4v) is 6.17. The van der Waals surface area contributed by atoms with Gasteiger partial charge in [0, 0.05) is 31.2 Å². The Hall–Kier alpha value is -0.430. The summed E-state index contributed by atoms with van der Waals surface area (Å²) in [5, 5.41) is 1.83. The second-order valence-corrected chi connectivity index (χ2v) is 8.72. The second kappa shape index (κ2) is 4.84. The number of likely N-dealkylation sites (tertiary alicyclic amines) is 1. The van der Waals surface area contributed by atoms with Gasteiger partial charge in [0.05, 0.1) is 0 Å². The molecule has 6 heteroatoms. The van der Waals surface area contributed by atoms with Crippen LogP contribution in [0, 0.1) is 0 Å². The lowest BCUT2D eigenvalue weighted by Crippen LogP contribution is -2.56. The Balaban J connectivity index is 1.88. The minimum atomic E-state index is -3.28. The molecule has 3 rings (SSSR count). The second-order valence-electron chi connectivity index (χ2n) is 5.70. The minimum Gasteiger partial charge on any atom is -0.298 e. The molecule has 0 spiro atoms. The van der Waals surface area contributed by atoms with Crippen LogP contribution in [0.5, 0.6) is 0 Å². The standard InChI is InChI=1S/C13H20N2O2S2/c1-10(2)14-8-11-5-6-12(9-14)15(11)19(16,17)13-4-3-7-18-13/h3-4,7,10-12H,5-6,8-9H2,1-2H3. The van der Waals surface area contributed by atoms with Crippen molar-refractivity contribution in [2.45, 2.75) is 49.0 Å². The summed E-state index contributed by atoms with van der Waals surface area (Å²) in [5.41, 5.74) is 0. The van der Waals surface area contributed by atoms with Crippen LogP contribution in [-0.4, -0.2) is 48.8 Å². The van der Waals surface area contributed by atoms with Crippen molar-refractivity contribution in [2.24, 2.45) is 0 Å². The van der Waals surface area contributed by atoms with Crippen LogP contribution >= 0.6 is 11.3 Å². The van der Waals surface area contributed by atoms with Crippen molar-refractivity contribution in [1.29, 1.82) is 0 Å². The molecule has 3 heterocycles. The zero-order valence-electron chi connectivity index (χ0n) is 11.3. The van der Waals surface area contributed by atoms with Gasteiger partial charge in [-0.15, -0.1) is 11.3 Å². The molecule has 2 fully saturated rings. The van der Waals surface area contributed by atoms with Gasteiger partial charge in [-0.3, -0.25) is 4.90 Å². The summed E-state index contributed by atoms with van der Waals surface area (Å²) >= 11 is 1.32. The van der Waals surface area contributed by atoms with E-state index in [9.17, 15) is 8.42 Å². The van der Waals surface area contributed by atoms with E-state index in [0.29, 0.717) is 10.3 Å². The SMILES string of the molecule is CC(C)N1CC2CCC(C1)N2S(=O)(=O)c1cccs1. The van der Waals surface area contributed by atoms with E-state index in [0.717, 1.165) is 25.9 Å². The maximum absolute atomic E-state index is 12.7. The lowest BCUT2D eigenvalue weighted by atomic mass is 10.2. The molecule has 2 bridgehead atoms. The maximum atomic E-state index is 12.7. The highest BCUT2D eigenvalue weighted by atomic mass is 32.2. The summed E-state index contributed by atoms with van der Waals surface area (Å²) in [7, 11) is -3.28. The molecular weight excluding hydrogens is 280 g/mol. The van der Waals surface area contributed by atoms with E-state index < -0.39 is 10.0 Å².